The molecule has 7 nitrogen and oxygen atoms in total. The highest BCUT2D eigenvalue weighted by Crippen LogP contribution is 2.23. The number of nitrogens with one attached hydrogen (secondary N) is 1. The molecule has 0 saturated carbocycles. The number of carbonyl (C=O) groups excluding carboxylic acids is 1. The highest BCUT2D eigenvalue weighted by atomic mass is 16.6. The molecule has 0 aliphatic carbocycles. The quantitative estimate of drug-likeness (QED) is 0.431. The Kier molecular flexibility index (Phi) is 3.46. The normalized spacial score (nSPS) is 11.4. The first-order valence-electron chi connectivity index (χ1n) is 6.07. The van der Waals surface area contributed by atoms with E-state index in [0.29, 0.717) is 22.3 Å². The van der Waals surface area contributed by atoms with Gasteiger partial charge in [0.05, 0.1) is 11.1 Å². The molecule has 106 valence electrons. The number of benzene rings is 1. The van der Waals surface area contributed by atoms with Gasteiger partial charge >= 0.3 is 5.97 Å². The zero-order valence-corrected chi connectivity index (χ0v) is 11.6. The highest BCUT2D eigenvalue weighted by molar-refractivity contribution is 5.98. The summed E-state index contributed by atoms with van der Waals surface area (Å²) in [6.07, 6.45) is 0. The van der Waals surface area contributed by atoms with Gasteiger partial charge in [-0.1, -0.05) is 0 Å². The van der Waals surface area contributed by atoms with Crippen molar-refractivity contribution in [1.29, 1.82) is 0 Å². The topological polar surface area (TPSA) is 116 Å². The lowest BCUT2D eigenvalue weighted by Gasteiger charge is -2.19. The van der Waals surface area contributed by atoms with Gasteiger partial charge in [0.1, 0.15) is 5.60 Å². The molecule has 0 amide bonds. The van der Waals surface area contributed by atoms with E-state index < -0.39 is 11.6 Å². The number of ether oxygens (including phenoxy) is 1. The Morgan fingerprint density at radius 1 is 1.30 bits per heavy atom. The summed E-state index contributed by atoms with van der Waals surface area (Å²) >= 11 is 0. The standard InChI is InChI=1S/C13H17N5O2/c1-13(2,3)20-11(19)7-4-5-9-8(6-7)10(18-15)17-12(14)16-9/h4-6H,15H2,1-3H3,(H3,14,16,17,18). The predicted octanol–water partition coefficient (Wildman–Crippen LogP) is 1.45. The fraction of sp³-hybridized carbons (Fsp3) is 0.308. The van der Waals surface area contributed by atoms with Crippen LogP contribution in [0.4, 0.5) is 11.8 Å². The van der Waals surface area contributed by atoms with E-state index in [-0.39, 0.29) is 5.95 Å². The molecule has 0 fully saturated rings. The lowest BCUT2D eigenvalue weighted by molar-refractivity contribution is 0.00697. The molecule has 1 heterocycles. The van der Waals surface area contributed by atoms with E-state index in [1.54, 1.807) is 18.2 Å². The number of anilines is 2. The molecule has 2 aromatic rings. The van der Waals surface area contributed by atoms with Gasteiger partial charge in [-0.05, 0) is 39.0 Å². The average Bonchev–Trinajstić information content (AvgIpc) is 2.35. The molecule has 0 aliphatic rings. The maximum atomic E-state index is 12.0. The summed E-state index contributed by atoms with van der Waals surface area (Å²) in [4.78, 5) is 20.1. The molecule has 0 saturated heterocycles. The second-order valence-corrected chi connectivity index (χ2v) is 5.31. The molecular weight excluding hydrogens is 258 g/mol. The van der Waals surface area contributed by atoms with Crippen molar-refractivity contribution >= 4 is 28.6 Å². The van der Waals surface area contributed by atoms with Crippen molar-refractivity contribution in [2.75, 3.05) is 11.2 Å². The largest absolute Gasteiger partial charge is 0.456 e. The van der Waals surface area contributed by atoms with Crippen molar-refractivity contribution in [2.45, 2.75) is 26.4 Å². The van der Waals surface area contributed by atoms with Gasteiger partial charge in [0.2, 0.25) is 5.95 Å². The zero-order valence-electron chi connectivity index (χ0n) is 11.6. The summed E-state index contributed by atoms with van der Waals surface area (Å²) in [6.45, 7) is 5.42. The molecule has 0 bridgehead atoms. The molecule has 20 heavy (non-hydrogen) atoms. The molecular formula is C13H17N5O2. The van der Waals surface area contributed by atoms with Crippen LogP contribution in [0.1, 0.15) is 31.1 Å². The third kappa shape index (κ3) is 2.94. The summed E-state index contributed by atoms with van der Waals surface area (Å²) in [6, 6.07) is 4.93. The van der Waals surface area contributed by atoms with Crippen LogP contribution in [0.25, 0.3) is 10.9 Å². The summed E-state index contributed by atoms with van der Waals surface area (Å²) in [7, 11) is 0. The van der Waals surface area contributed by atoms with E-state index >= 15 is 0 Å². The Hall–Kier alpha value is -2.41. The van der Waals surface area contributed by atoms with Crippen LogP contribution in [0.3, 0.4) is 0 Å². The van der Waals surface area contributed by atoms with Crippen LogP contribution in [0.15, 0.2) is 18.2 Å². The van der Waals surface area contributed by atoms with Crippen molar-refractivity contribution in [3.8, 4) is 0 Å². The van der Waals surface area contributed by atoms with Crippen LogP contribution < -0.4 is 17.0 Å². The average molecular weight is 275 g/mol. The number of esters is 1. The predicted molar refractivity (Wildman–Crippen MR) is 76.9 cm³/mol. The van der Waals surface area contributed by atoms with E-state index in [0.717, 1.165) is 0 Å². The molecule has 5 N–H and O–H groups in total. The summed E-state index contributed by atoms with van der Waals surface area (Å²) in [5, 5.41) is 0.602. The smallest absolute Gasteiger partial charge is 0.338 e. The van der Waals surface area contributed by atoms with Gasteiger partial charge < -0.3 is 15.9 Å². The number of hydrogen-bond acceptors (Lipinski definition) is 7. The van der Waals surface area contributed by atoms with E-state index in [9.17, 15) is 4.79 Å². The lowest BCUT2D eigenvalue weighted by atomic mass is 10.1. The van der Waals surface area contributed by atoms with Gasteiger partial charge in [-0.25, -0.2) is 15.6 Å². The molecule has 0 radical (unpaired) electrons. The van der Waals surface area contributed by atoms with Crippen molar-refractivity contribution in [3.63, 3.8) is 0 Å². The molecule has 1 aromatic heterocycles. The Bertz CT molecular complexity index is 664. The monoisotopic (exact) mass is 275 g/mol. The Morgan fingerprint density at radius 3 is 2.60 bits per heavy atom. The van der Waals surface area contributed by atoms with E-state index in [1.807, 2.05) is 20.8 Å². The SMILES string of the molecule is CC(C)(C)OC(=O)c1ccc2nc(N)nc(NN)c2c1. The van der Waals surface area contributed by atoms with Gasteiger partial charge in [-0.3, -0.25) is 0 Å². The molecule has 7 heteroatoms. The minimum Gasteiger partial charge on any atom is -0.456 e. The molecule has 2 rings (SSSR count). The van der Waals surface area contributed by atoms with Gasteiger partial charge in [-0.15, -0.1) is 0 Å². The summed E-state index contributed by atoms with van der Waals surface area (Å²) in [5.41, 5.74) is 8.45. The first kappa shape index (κ1) is 14.0. The fourth-order valence-electron chi connectivity index (χ4n) is 1.72. The number of nitrogen functional groups attached to an aromatic ring is 2. The number of carbonyl (C=O) groups is 1. The minimum atomic E-state index is -0.557. The Morgan fingerprint density at radius 2 is 2.00 bits per heavy atom. The van der Waals surface area contributed by atoms with Gasteiger partial charge in [0.25, 0.3) is 0 Å². The van der Waals surface area contributed by atoms with Gasteiger partial charge in [0.15, 0.2) is 5.82 Å². The number of hydrogen-bond donors (Lipinski definition) is 3. The van der Waals surface area contributed by atoms with Crippen LogP contribution in [0.2, 0.25) is 0 Å². The van der Waals surface area contributed by atoms with Crippen LogP contribution >= 0.6 is 0 Å². The minimum absolute atomic E-state index is 0.107. The van der Waals surface area contributed by atoms with Gasteiger partial charge in [-0.2, -0.15) is 4.98 Å². The van der Waals surface area contributed by atoms with Crippen molar-refractivity contribution < 1.29 is 9.53 Å². The van der Waals surface area contributed by atoms with Crippen molar-refractivity contribution in [2.24, 2.45) is 5.84 Å². The number of rotatable bonds is 2. The molecule has 0 aliphatic heterocycles. The maximum absolute atomic E-state index is 12.0. The van der Waals surface area contributed by atoms with Crippen molar-refractivity contribution in [1.82, 2.24) is 9.97 Å². The number of nitrogens with two attached hydrogens (primary N) is 2. The first-order chi connectivity index (χ1) is 9.30. The zero-order chi connectivity index (χ0) is 14.9. The van der Waals surface area contributed by atoms with Crippen LogP contribution in [-0.4, -0.2) is 21.5 Å². The summed E-state index contributed by atoms with van der Waals surface area (Å²) in [5.74, 6) is 5.45. The number of nitrogens with zero attached hydrogens (tertiary/aromatic N) is 2. The summed E-state index contributed by atoms with van der Waals surface area (Å²) < 4.78 is 5.31. The Balaban J connectivity index is 2.48. The number of hydrazine groups is 1. The van der Waals surface area contributed by atoms with Crippen molar-refractivity contribution in [3.05, 3.63) is 23.8 Å². The lowest BCUT2D eigenvalue weighted by Crippen LogP contribution is -2.23. The van der Waals surface area contributed by atoms with Crippen LogP contribution in [0, 0.1) is 0 Å². The molecule has 0 spiro atoms. The second-order valence-electron chi connectivity index (χ2n) is 5.31. The van der Waals surface area contributed by atoms with E-state index in [1.165, 1.54) is 0 Å². The molecule has 1 aromatic carbocycles. The molecule has 0 unspecified atom stereocenters. The Labute approximate surface area is 116 Å². The molecule has 0 atom stereocenters. The fourth-order valence-corrected chi connectivity index (χ4v) is 1.72. The second kappa shape index (κ2) is 4.93. The first-order valence-corrected chi connectivity index (χ1v) is 6.07. The van der Waals surface area contributed by atoms with Gasteiger partial charge in [0, 0.05) is 5.39 Å². The van der Waals surface area contributed by atoms with Crippen LogP contribution in [-0.2, 0) is 4.74 Å². The van der Waals surface area contributed by atoms with E-state index in [4.69, 9.17) is 16.3 Å². The van der Waals surface area contributed by atoms with Crippen LogP contribution in [0.5, 0.6) is 0 Å². The highest BCUT2D eigenvalue weighted by Gasteiger charge is 2.18. The van der Waals surface area contributed by atoms with E-state index in [2.05, 4.69) is 15.4 Å². The number of aromatic nitrogens is 2. The number of fused-ring (bicyclic) bond motifs is 1. The third-order valence-corrected chi connectivity index (χ3v) is 2.48. The maximum Gasteiger partial charge on any atom is 0.338 e. The third-order valence-electron chi connectivity index (χ3n) is 2.48.